The highest BCUT2D eigenvalue weighted by atomic mass is 16.5. The summed E-state index contributed by atoms with van der Waals surface area (Å²) in [4.78, 5) is 12.7. The fourth-order valence-electron chi connectivity index (χ4n) is 1.79. The molecule has 2 N–H and O–H groups in total. The minimum atomic E-state index is 0.574. The lowest BCUT2D eigenvalue weighted by molar-refractivity contribution is 0.414. The standard InChI is InChI=1S/C13H20N6O/c1-4-5-15-12-11(20-3)13(18-9-17-12)16-8-10-14-6-7-19(10)2/h6-7,9H,4-5,8H2,1-3H3,(H2,15,16,17,18). The van der Waals surface area contributed by atoms with Gasteiger partial charge in [0.15, 0.2) is 11.6 Å². The number of imidazole rings is 1. The molecule has 0 aliphatic carbocycles. The van der Waals surface area contributed by atoms with Gasteiger partial charge in [0.1, 0.15) is 12.2 Å². The number of rotatable bonds is 7. The van der Waals surface area contributed by atoms with Crippen LogP contribution in [0.4, 0.5) is 11.6 Å². The fraction of sp³-hybridized carbons (Fsp3) is 0.462. The highest BCUT2D eigenvalue weighted by Gasteiger charge is 2.12. The van der Waals surface area contributed by atoms with Gasteiger partial charge in [0.05, 0.1) is 13.7 Å². The number of nitrogens with one attached hydrogen (secondary N) is 2. The van der Waals surface area contributed by atoms with Crippen molar-refractivity contribution in [2.75, 3.05) is 24.3 Å². The van der Waals surface area contributed by atoms with Crippen LogP contribution in [0.15, 0.2) is 18.7 Å². The second-order valence-corrected chi connectivity index (χ2v) is 4.34. The van der Waals surface area contributed by atoms with Crippen molar-refractivity contribution < 1.29 is 4.74 Å². The lowest BCUT2D eigenvalue weighted by atomic mass is 10.4. The molecule has 0 radical (unpaired) electrons. The highest BCUT2D eigenvalue weighted by molar-refractivity contribution is 5.63. The van der Waals surface area contributed by atoms with E-state index in [1.807, 2.05) is 17.8 Å². The Kier molecular flexibility index (Phi) is 4.75. The van der Waals surface area contributed by atoms with Crippen molar-refractivity contribution in [3.63, 3.8) is 0 Å². The zero-order valence-electron chi connectivity index (χ0n) is 12.1. The Morgan fingerprint density at radius 1 is 1.20 bits per heavy atom. The maximum absolute atomic E-state index is 5.40. The Bertz CT molecular complexity index is 554. The fourth-order valence-corrected chi connectivity index (χ4v) is 1.79. The monoisotopic (exact) mass is 276 g/mol. The summed E-state index contributed by atoms with van der Waals surface area (Å²) in [5.41, 5.74) is 0. The summed E-state index contributed by atoms with van der Waals surface area (Å²) in [5.74, 6) is 2.90. The van der Waals surface area contributed by atoms with E-state index in [9.17, 15) is 0 Å². The predicted octanol–water partition coefficient (Wildman–Crippen LogP) is 1.65. The van der Waals surface area contributed by atoms with E-state index in [0.29, 0.717) is 23.9 Å². The lowest BCUT2D eigenvalue weighted by Gasteiger charge is -2.13. The van der Waals surface area contributed by atoms with Crippen LogP contribution in [0.25, 0.3) is 0 Å². The molecule has 2 aromatic heterocycles. The van der Waals surface area contributed by atoms with Gasteiger partial charge >= 0.3 is 0 Å². The van der Waals surface area contributed by atoms with Crippen molar-refractivity contribution in [2.45, 2.75) is 19.9 Å². The molecule has 108 valence electrons. The average molecular weight is 276 g/mol. The average Bonchev–Trinajstić information content (AvgIpc) is 2.88. The zero-order chi connectivity index (χ0) is 14.4. The van der Waals surface area contributed by atoms with E-state index in [4.69, 9.17) is 4.74 Å². The van der Waals surface area contributed by atoms with Gasteiger partial charge in [0.2, 0.25) is 5.75 Å². The predicted molar refractivity (Wildman–Crippen MR) is 77.9 cm³/mol. The molecule has 2 heterocycles. The van der Waals surface area contributed by atoms with Crippen LogP contribution in [0.3, 0.4) is 0 Å². The third-order valence-corrected chi connectivity index (χ3v) is 2.89. The molecular formula is C13H20N6O. The van der Waals surface area contributed by atoms with Gasteiger partial charge in [-0.3, -0.25) is 0 Å². The minimum absolute atomic E-state index is 0.574. The third kappa shape index (κ3) is 3.17. The van der Waals surface area contributed by atoms with Gasteiger partial charge in [-0.15, -0.1) is 0 Å². The Morgan fingerprint density at radius 3 is 2.55 bits per heavy atom. The van der Waals surface area contributed by atoms with Crippen LogP contribution in [-0.4, -0.2) is 33.2 Å². The second-order valence-electron chi connectivity index (χ2n) is 4.34. The number of hydrogen-bond donors (Lipinski definition) is 2. The molecule has 0 spiro atoms. The topological polar surface area (TPSA) is 76.9 Å². The highest BCUT2D eigenvalue weighted by Crippen LogP contribution is 2.28. The lowest BCUT2D eigenvalue weighted by Crippen LogP contribution is -2.10. The normalized spacial score (nSPS) is 10.3. The Hall–Kier alpha value is -2.31. The van der Waals surface area contributed by atoms with Crippen molar-refractivity contribution >= 4 is 11.6 Å². The molecule has 0 atom stereocenters. The van der Waals surface area contributed by atoms with Crippen molar-refractivity contribution in [2.24, 2.45) is 7.05 Å². The van der Waals surface area contributed by atoms with E-state index >= 15 is 0 Å². The van der Waals surface area contributed by atoms with Gasteiger partial charge in [-0.2, -0.15) is 0 Å². The summed E-state index contributed by atoms with van der Waals surface area (Å²) in [6.45, 7) is 3.51. The molecule has 2 aromatic rings. The Morgan fingerprint density at radius 2 is 1.95 bits per heavy atom. The van der Waals surface area contributed by atoms with Gasteiger partial charge in [-0.1, -0.05) is 6.92 Å². The van der Waals surface area contributed by atoms with Gasteiger partial charge in [0.25, 0.3) is 0 Å². The maximum atomic E-state index is 5.40. The number of ether oxygens (including phenoxy) is 1. The summed E-state index contributed by atoms with van der Waals surface area (Å²) in [7, 11) is 3.57. The van der Waals surface area contributed by atoms with E-state index in [2.05, 4.69) is 32.5 Å². The first kappa shape index (κ1) is 14.1. The number of aryl methyl sites for hydroxylation is 1. The van der Waals surface area contributed by atoms with Gasteiger partial charge in [-0.05, 0) is 6.42 Å². The molecule has 0 saturated heterocycles. The van der Waals surface area contributed by atoms with E-state index in [-0.39, 0.29) is 0 Å². The van der Waals surface area contributed by atoms with Crippen molar-refractivity contribution in [1.82, 2.24) is 19.5 Å². The summed E-state index contributed by atoms with van der Waals surface area (Å²) in [6, 6.07) is 0. The molecular weight excluding hydrogens is 256 g/mol. The molecule has 0 aliphatic rings. The van der Waals surface area contributed by atoms with Gasteiger partial charge < -0.3 is 19.9 Å². The molecule has 0 fully saturated rings. The smallest absolute Gasteiger partial charge is 0.204 e. The number of hydrogen-bond acceptors (Lipinski definition) is 6. The van der Waals surface area contributed by atoms with Crippen LogP contribution >= 0.6 is 0 Å². The minimum Gasteiger partial charge on any atom is -0.490 e. The van der Waals surface area contributed by atoms with Crippen molar-refractivity contribution in [3.8, 4) is 5.75 Å². The Balaban J connectivity index is 2.12. The van der Waals surface area contributed by atoms with E-state index < -0.39 is 0 Å². The zero-order valence-corrected chi connectivity index (χ0v) is 12.1. The van der Waals surface area contributed by atoms with Crippen LogP contribution in [0.5, 0.6) is 5.75 Å². The van der Waals surface area contributed by atoms with Crippen molar-refractivity contribution in [3.05, 3.63) is 24.5 Å². The van der Waals surface area contributed by atoms with E-state index in [1.54, 1.807) is 13.3 Å². The summed E-state index contributed by atoms with van der Waals surface area (Å²) < 4.78 is 7.35. The largest absolute Gasteiger partial charge is 0.490 e. The molecule has 7 nitrogen and oxygen atoms in total. The Labute approximate surface area is 118 Å². The van der Waals surface area contributed by atoms with Gasteiger partial charge in [-0.25, -0.2) is 15.0 Å². The quantitative estimate of drug-likeness (QED) is 0.801. The van der Waals surface area contributed by atoms with Crippen LogP contribution in [0.2, 0.25) is 0 Å². The summed E-state index contributed by atoms with van der Waals surface area (Å²) >= 11 is 0. The molecule has 0 amide bonds. The van der Waals surface area contributed by atoms with Crippen LogP contribution in [0.1, 0.15) is 19.2 Å². The third-order valence-electron chi connectivity index (χ3n) is 2.89. The summed E-state index contributed by atoms with van der Waals surface area (Å²) in [6.07, 6.45) is 6.20. The van der Waals surface area contributed by atoms with Crippen LogP contribution < -0.4 is 15.4 Å². The van der Waals surface area contributed by atoms with E-state index in [1.165, 1.54) is 6.33 Å². The molecule has 20 heavy (non-hydrogen) atoms. The second kappa shape index (κ2) is 6.74. The first-order valence-electron chi connectivity index (χ1n) is 6.59. The molecule has 0 aromatic carbocycles. The SMILES string of the molecule is CCCNc1ncnc(NCc2nccn2C)c1OC. The number of nitrogens with zero attached hydrogens (tertiary/aromatic N) is 4. The molecule has 2 rings (SSSR count). The first-order chi connectivity index (χ1) is 9.76. The van der Waals surface area contributed by atoms with Crippen LogP contribution in [0, 0.1) is 0 Å². The van der Waals surface area contributed by atoms with E-state index in [0.717, 1.165) is 18.8 Å². The molecule has 0 bridgehead atoms. The molecule has 7 heteroatoms. The molecule has 0 aliphatic heterocycles. The number of methoxy groups -OCH3 is 1. The first-order valence-corrected chi connectivity index (χ1v) is 6.59. The summed E-state index contributed by atoms with van der Waals surface area (Å²) in [5, 5.41) is 6.45. The number of anilines is 2. The number of aromatic nitrogens is 4. The maximum Gasteiger partial charge on any atom is 0.204 e. The molecule has 0 saturated carbocycles. The van der Waals surface area contributed by atoms with Gasteiger partial charge in [0, 0.05) is 26.0 Å². The molecule has 0 unspecified atom stereocenters. The van der Waals surface area contributed by atoms with Crippen LogP contribution in [-0.2, 0) is 13.6 Å². The van der Waals surface area contributed by atoms with Crippen molar-refractivity contribution in [1.29, 1.82) is 0 Å².